The highest BCUT2D eigenvalue weighted by Crippen LogP contribution is 2.31. The van der Waals surface area contributed by atoms with E-state index in [0.29, 0.717) is 13.1 Å². The van der Waals surface area contributed by atoms with Crippen molar-refractivity contribution in [2.75, 3.05) is 38.7 Å². The summed E-state index contributed by atoms with van der Waals surface area (Å²) in [5.74, 6) is -1.75. The number of ether oxygens (including phenoxy) is 2. The summed E-state index contributed by atoms with van der Waals surface area (Å²) in [5, 5.41) is 2.56. The first-order valence-corrected chi connectivity index (χ1v) is 12.5. The third-order valence-electron chi connectivity index (χ3n) is 5.84. The van der Waals surface area contributed by atoms with Crippen LogP contribution in [0.5, 0.6) is 5.75 Å². The zero-order chi connectivity index (χ0) is 24.2. The van der Waals surface area contributed by atoms with Gasteiger partial charge in [0.15, 0.2) is 6.61 Å². The SMILES string of the molecule is COc1ccc(NC(=O)COC(=O)C2CC(=O)N(C(C)C)C2)cc1S(=O)(=O)N1CCCCC1. The maximum absolute atomic E-state index is 13.1. The fourth-order valence-corrected chi connectivity index (χ4v) is 5.74. The number of hydrogen-bond acceptors (Lipinski definition) is 7. The molecule has 1 N–H and O–H groups in total. The Kier molecular flexibility index (Phi) is 7.96. The van der Waals surface area contributed by atoms with Gasteiger partial charge in [-0.25, -0.2) is 8.42 Å². The molecular weight excluding hydrogens is 450 g/mol. The average molecular weight is 482 g/mol. The van der Waals surface area contributed by atoms with Crippen LogP contribution in [-0.2, 0) is 29.1 Å². The van der Waals surface area contributed by atoms with Crippen molar-refractivity contribution in [3.05, 3.63) is 18.2 Å². The summed E-state index contributed by atoms with van der Waals surface area (Å²) in [6.45, 7) is 4.35. The minimum Gasteiger partial charge on any atom is -0.495 e. The van der Waals surface area contributed by atoms with Gasteiger partial charge in [0.2, 0.25) is 15.9 Å². The van der Waals surface area contributed by atoms with Crippen LogP contribution in [0.25, 0.3) is 0 Å². The average Bonchev–Trinajstić information content (AvgIpc) is 3.20. The maximum atomic E-state index is 13.1. The molecule has 0 spiro atoms. The van der Waals surface area contributed by atoms with Crippen LogP contribution in [0.2, 0.25) is 0 Å². The summed E-state index contributed by atoms with van der Waals surface area (Å²) >= 11 is 0. The Bertz CT molecular complexity index is 1000. The number of anilines is 1. The topological polar surface area (TPSA) is 122 Å². The number of esters is 1. The molecule has 0 bridgehead atoms. The summed E-state index contributed by atoms with van der Waals surface area (Å²) in [4.78, 5) is 38.1. The Hall–Kier alpha value is -2.66. The maximum Gasteiger partial charge on any atom is 0.311 e. The Morgan fingerprint density at radius 1 is 1.18 bits per heavy atom. The molecule has 2 aliphatic rings. The standard InChI is InChI=1S/C22H31N3O7S/c1-15(2)25-13-16(11-21(25)27)22(28)32-14-20(26)23-17-7-8-18(31-3)19(12-17)33(29,30)24-9-5-4-6-10-24/h7-8,12,15-16H,4-6,9-11,13-14H2,1-3H3,(H,23,26). The van der Waals surface area contributed by atoms with E-state index in [4.69, 9.17) is 9.47 Å². The lowest BCUT2D eigenvalue weighted by molar-refractivity contribution is -0.151. The first kappa shape index (κ1) is 25.0. The van der Waals surface area contributed by atoms with Gasteiger partial charge in [0.25, 0.3) is 5.91 Å². The number of carbonyl (C=O) groups is 3. The molecule has 1 atom stereocenters. The van der Waals surface area contributed by atoms with Crippen LogP contribution in [0.4, 0.5) is 5.69 Å². The number of likely N-dealkylation sites (tertiary alicyclic amines) is 1. The molecule has 2 amide bonds. The largest absolute Gasteiger partial charge is 0.495 e. The molecule has 3 rings (SSSR count). The van der Waals surface area contributed by atoms with Crippen LogP contribution >= 0.6 is 0 Å². The van der Waals surface area contributed by atoms with Gasteiger partial charge in [0.05, 0.1) is 13.0 Å². The second-order valence-electron chi connectivity index (χ2n) is 8.53. The number of methoxy groups -OCH3 is 1. The van der Waals surface area contributed by atoms with Crippen molar-refractivity contribution < 1.29 is 32.3 Å². The molecule has 10 nitrogen and oxygen atoms in total. The normalized spacial score (nSPS) is 19.6. The summed E-state index contributed by atoms with van der Waals surface area (Å²) in [6, 6.07) is 4.33. The quantitative estimate of drug-likeness (QED) is 0.560. The summed E-state index contributed by atoms with van der Waals surface area (Å²) in [7, 11) is -2.40. The number of carbonyl (C=O) groups excluding carboxylic acids is 3. The molecule has 0 saturated carbocycles. The molecule has 0 aliphatic carbocycles. The Morgan fingerprint density at radius 3 is 2.48 bits per heavy atom. The van der Waals surface area contributed by atoms with Crippen LogP contribution in [0.3, 0.4) is 0 Å². The Morgan fingerprint density at radius 2 is 1.88 bits per heavy atom. The Labute approximate surface area is 194 Å². The van der Waals surface area contributed by atoms with Gasteiger partial charge in [0, 0.05) is 37.8 Å². The highest BCUT2D eigenvalue weighted by Gasteiger charge is 2.36. The van der Waals surface area contributed by atoms with Gasteiger partial charge in [-0.05, 0) is 44.9 Å². The lowest BCUT2D eigenvalue weighted by atomic mass is 10.1. The number of benzene rings is 1. The highest BCUT2D eigenvalue weighted by molar-refractivity contribution is 7.89. The molecule has 11 heteroatoms. The van der Waals surface area contributed by atoms with Crippen LogP contribution in [-0.4, -0.2) is 74.8 Å². The number of piperidine rings is 1. The molecule has 1 aromatic carbocycles. The lowest BCUT2D eigenvalue weighted by Gasteiger charge is -2.26. The number of amides is 2. The van der Waals surface area contributed by atoms with Gasteiger partial charge in [0.1, 0.15) is 10.6 Å². The number of sulfonamides is 1. The van der Waals surface area contributed by atoms with Crippen molar-refractivity contribution in [2.45, 2.75) is 50.5 Å². The minimum atomic E-state index is -3.78. The molecule has 182 valence electrons. The highest BCUT2D eigenvalue weighted by atomic mass is 32.2. The fourth-order valence-electron chi connectivity index (χ4n) is 4.04. The molecule has 1 unspecified atom stereocenters. The van der Waals surface area contributed by atoms with Gasteiger partial charge < -0.3 is 19.7 Å². The molecule has 2 saturated heterocycles. The second-order valence-corrected chi connectivity index (χ2v) is 10.4. The smallest absolute Gasteiger partial charge is 0.311 e. The predicted molar refractivity (Wildman–Crippen MR) is 120 cm³/mol. The van der Waals surface area contributed by atoms with Gasteiger partial charge >= 0.3 is 5.97 Å². The van der Waals surface area contributed by atoms with E-state index in [0.717, 1.165) is 19.3 Å². The summed E-state index contributed by atoms with van der Waals surface area (Å²) in [5.41, 5.74) is 0.245. The van der Waals surface area contributed by atoms with E-state index in [9.17, 15) is 22.8 Å². The molecule has 0 aromatic heterocycles. The van der Waals surface area contributed by atoms with E-state index < -0.39 is 34.4 Å². The van der Waals surface area contributed by atoms with Gasteiger partial charge in [-0.15, -0.1) is 0 Å². The second kappa shape index (κ2) is 10.5. The Balaban J connectivity index is 1.62. The van der Waals surface area contributed by atoms with Crippen LogP contribution in [0.15, 0.2) is 23.1 Å². The third-order valence-corrected chi connectivity index (χ3v) is 7.76. The number of hydrogen-bond donors (Lipinski definition) is 1. The van der Waals surface area contributed by atoms with E-state index in [2.05, 4.69) is 5.32 Å². The van der Waals surface area contributed by atoms with E-state index >= 15 is 0 Å². The van der Waals surface area contributed by atoms with Crippen LogP contribution < -0.4 is 10.1 Å². The van der Waals surface area contributed by atoms with Gasteiger partial charge in [-0.3, -0.25) is 14.4 Å². The zero-order valence-corrected chi connectivity index (χ0v) is 20.0. The minimum absolute atomic E-state index is 0.0101. The summed E-state index contributed by atoms with van der Waals surface area (Å²) in [6.07, 6.45) is 2.65. The van der Waals surface area contributed by atoms with E-state index in [-0.39, 0.29) is 41.2 Å². The van der Waals surface area contributed by atoms with E-state index in [1.807, 2.05) is 13.8 Å². The van der Waals surface area contributed by atoms with Crippen LogP contribution in [0, 0.1) is 5.92 Å². The zero-order valence-electron chi connectivity index (χ0n) is 19.2. The van der Waals surface area contributed by atoms with E-state index in [1.165, 1.54) is 29.6 Å². The molecule has 33 heavy (non-hydrogen) atoms. The van der Waals surface area contributed by atoms with Crippen molar-refractivity contribution in [1.29, 1.82) is 0 Å². The monoisotopic (exact) mass is 481 g/mol. The first-order valence-electron chi connectivity index (χ1n) is 11.1. The number of nitrogens with one attached hydrogen (secondary N) is 1. The third kappa shape index (κ3) is 5.83. The van der Waals surface area contributed by atoms with Crippen molar-refractivity contribution in [3.63, 3.8) is 0 Å². The molecule has 2 fully saturated rings. The molecular formula is C22H31N3O7S. The molecule has 2 aliphatic heterocycles. The van der Waals surface area contributed by atoms with Crippen molar-refractivity contribution in [2.24, 2.45) is 5.92 Å². The van der Waals surface area contributed by atoms with Gasteiger partial charge in [-0.1, -0.05) is 6.42 Å². The van der Waals surface area contributed by atoms with Crippen molar-refractivity contribution in [1.82, 2.24) is 9.21 Å². The molecule has 2 heterocycles. The summed E-state index contributed by atoms with van der Waals surface area (Å²) < 4.78 is 37.9. The predicted octanol–water partition coefficient (Wildman–Crippen LogP) is 1.61. The van der Waals surface area contributed by atoms with Crippen molar-refractivity contribution >= 4 is 33.5 Å². The lowest BCUT2D eigenvalue weighted by Crippen LogP contribution is -2.35. The van der Waals surface area contributed by atoms with Gasteiger partial charge in [-0.2, -0.15) is 4.31 Å². The first-order chi connectivity index (χ1) is 15.6. The van der Waals surface area contributed by atoms with E-state index in [1.54, 1.807) is 4.90 Å². The number of nitrogens with zero attached hydrogens (tertiary/aromatic N) is 2. The van der Waals surface area contributed by atoms with Crippen molar-refractivity contribution in [3.8, 4) is 5.75 Å². The fraction of sp³-hybridized carbons (Fsp3) is 0.591. The molecule has 1 aromatic rings. The number of rotatable bonds is 8. The van der Waals surface area contributed by atoms with Crippen LogP contribution in [0.1, 0.15) is 39.5 Å². The molecule has 0 radical (unpaired) electrons.